The van der Waals surface area contributed by atoms with Crippen LogP contribution in [0.25, 0.3) is 0 Å². The van der Waals surface area contributed by atoms with Crippen molar-refractivity contribution in [3.8, 4) is 0 Å². The normalized spacial score (nSPS) is 10.5. The first-order valence-corrected chi connectivity index (χ1v) is 5.60. The van der Waals surface area contributed by atoms with Crippen LogP contribution in [0.1, 0.15) is 19.8 Å². The molecule has 0 amide bonds. The molecule has 0 spiro atoms. The van der Waals surface area contributed by atoms with Gasteiger partial charge in [0.2, 0.25) is 0 Å². The third-order valence-corrected chi connectivity index (χ3v) is 3.50. The molecule has 0 aromatic rings. The molecule has 0 fully saturated rings. The van der Waals surface area contributed by atoms with Gasteiger partial charge in [0.15, 0.2) is 0 Å². The molecule has 1 nitrogen and oxygen atoms in total. The molecule has 0 aromatic carbocycles. The molecule has 2 radical (unpaired) electrons. The fraction of sp³-hybridized carbons (Fsp3) is 1.00. The van der Waals surface area contributed by atoms with Crippen molar-refractivity contribution < 1.29 is 0 Å². The maximum absolute atomic E-state index is 2.36. The quantitative estimate of drug-likeness (QED) is 0.459. The molecule has 0 unspecified atom stereocenters. The average molecular weight is 174 g/mol. The molecule has 0 N–H and O–H groups in total. The van der Waals surface area contributed by atoms with Crippen LogP contribution < -0.4 is 0 Å². The van der Waals surface area contributed by atoms with E-state index in [4.69, 9.17) is 0 Å². The van der Waals surface area contributed by atoms with E-state index in [1.807, 2.05) is 0 Å². The standard InChI is InChI=1S/C6H15GeN/c1-4-5-6-7-8(2)3/h4-6H2,1-3H3. The zero-order valence-electron chi connectivity index (χ0n) is 6.07. The minimum atomic E-state index is 0.276. The van der Waals surface area contributed by atoms with Crippen LogP contribution in [0.2, 0.25) is 5.25 Å². The van der Waals surface area contributed by atoms with Gasteiger partial charge in [-0.1, -0.05) is 0 Å². The van der Waals surface area contributed by atoms with Crippen LogP contribution in [0.3, 0.4) is 0 Å². The van der Waals surface area contributed by atoms with E-state index in [1.165, 1.54) is 18.1 Å². The van der Waals surface area contributed by atoms with E-state index in [2.05, 4.69) is 24.9 Å². The molecule has 0 rings (SSSR count). The summed E-state index contributed by atoms with van der Waals surface area (Å²) in [5.74, 6) is 0. The summed E-state index contributed by atoms with van der Waals surface area (Å²) in [6.07, 6.45) is 2.79. The van der Waals surface area contributed by atoms with Gasteiger partial charge in [-0.3, -0.25) is 0 Å². The number of hydrogen-bond acceptors (Lipinski definition) is 1. The Morgan fingerprint density at radius 1 is 1.38 bits per heavy atom. The Balaban J connectivity index is 2.72. The van der Waals surface area contributed by atoms with Crippen LogP contribution >= 0.6 is 0 Å². The molecular weight excluding hydrogens is 159 g/mol. The minimum absolute atomic E-state index is 0.276. The SMILES string of the molecule is CCC[CH2][Ge][N](C)C. The third kappa shape index (κ3) is 6.50. The molecule has 0 aliphatic heterocycles. The van der Waals surface area contributed by atoms with Crippen molar-refractivity contribution in [1.82, 2.24) is 3.86 Å². The van der Waals surface area contributed by atoms with Gasteiger partial charge < -0.3 is 0 Å². The van der Waals surface area contributed by atoms with E-state index >= 15 is 0 Å². The monoisotopic (exact) mass is 175 g/mol. The van der Waals surface area contributed by atoms with Crippen LogP contribution in [-0.2, 0) is 0 Å². The molecule has 48 valence electrons. The third-order valence-electron chi connectivity index (χ3n) is 0.958. The molecular formula is C6H15GeN. The van der Waals surface area contributed by atoms with Gasteiger partial charge in [0.1, 0.15) is 0 Å². The Morgan fingerprint density at radius 3 is 2.38 bits per heavy atom. The molecule has 8 heavy (non-hydrogen) atoms. The summed E-state index contributed by atoms with van der Waals surface area (Å²) in [6.45, 7) is 2.25. The second kappa shape index (κ2) is 5.64. The van der Waals surface area contributed by atoms with E-state index in [0.717, 1.165) is 0 Å². The van der Waals surface area contributed by atoms with Gasteiger partial charge >= 0.3 is 58.6 Å². The fourth-order valence-electron chi connectivity index (χ4n) is 0.479. The summed E-state index contributed by atoms with van der Waals surface area (Å²) >= 11 is 0.276. The molecule has 0 aliphatic carbocycles. The van der Waals surface area contributed by atoms with E-state index in [1.54, 1.807) is 0 Å². The Labute approximate surface area is 59.1 Å². The summed E-state index contributed by atoms with van der Waals surface area (Å²) in [6, 6.07) is 0. The van der Waals surface area contributed by atoms with E-state index in [-0.39, 0.29) is 15.7 Å². The molecule has 0 bridgehead atoms. The van der Waals surface area contributed by atoms with Gasteiger partial charge in [-0.2, -0.15) is 0 Å². The van der Waals surface area contributed by atoms with Gasteiger partial charge in [0.05, 0.1) is 0 Å². The fourth-order valence-corrected chi connectivity index (χ4v) is 2.49. The number of unbranched alkanes of at least 4 members (excludes halogenated alkanes) is 1. The molecule has 0 aliphatic rings. The molecule has 0 saturated carbocycles. The first-order chi connectivity index (χ1) is 3.77. The predicted octanol–water partition coefficient (Wildman–Crippen LogP) is 1.39. The number of rotatable bonds is 4. The molecule has 0 aromatic heterocycles. The van der Waals surface area contributed by atoms with Crippen LogP contribution in [-0.4, -0.2) is 33.6 Å². The second-order valence-corrected chi connectivity index (χ2v) is 5.75. The van der Waals surface area contributed by atoms with Crippen molar-refractivity contribution in [3.63, 3.8) is 0 Å². The first-order valence-electron chi connectivity index (χ1n) is 3.18. The van der Waals surface area contributed by atoms with Crippen molar-refractivity contribution in [2.45, 2.75) is 25.0 Å². The number of hydrogen-bond donors (Lipinski definition) is 0. The van der Waals surface area contributed by atoms with Crippen molar-refractivity contribution in [1.29, 1.82) is 0 Å². The van der Waals surface area contributed by atoms with E-state index in [9.17, 15) is 0 Å². The van der Waals surface area contributed by atoms with Crippen molar-refractivity contribution >= 4 is 15.7 Å². The van der Waals surface area contributed by atoms with Crippen molar-refractivity contribution in [2.24, 2.45) is 0 Å². The molecule has 0 atom stereocenters. The van der Waals surface area contributed by atoms with Crippen molar-refractivity contribution in [3.05, 3.63) is 0 Å². The Kier molecular flexibility index (Phi) is 5.99. The van der Waals surface area contributed by atoms with Gasteiger partial charge in [-0.15, -0.1) is 0 Å². The van der Waals surface area contributed by atoms with Crippen LogP contribution in [0.15, 0.2) is 0 Å². The van der Waals surface area contributed by atoms with Gasteiger partial charge in [-0.05, 0) is 0 Å². The zero-order chi connectivity index (χ0) is 6.41. The van der Waals surface area contributed by atoms with Gasteiger partial charge in [0.25, 0.3) is 0 Å². The molecule has 2 heteroatoms. The van der Waals surface area contributed by atoms with E-state index in [0.29, 0.717) is 0 Å². The van der Waals surface area contributed by atoms with Crippen LogP contribution in [0.4, 0.5) is 0 Å². The zero-order valence-corrected chi connectivity index (χ0v) is 8.17. The summed E-state index contributed by atoms with van der Waals surface area (Å²) in [5, 5.41) is 1.48. The maximum atomic E-state index is 2.36. The van der Waals surface area contributed by atoms with Gasteiger partial charge in [-0.25, -0.2) is 0 Å². The Hall–Kier alpha value is 0.503. The summed E-state index contributed by atoms with van der Waals surface area (Å²) in [7, 11) is 4.35. The van der Waals surface area contributed by atoms with Crippen LogP contribution in [0.5, 0.6) is 0 Å². The Morgan fingerprint density at radius 2 is 2.00 bits per heavy atom. The van der Waals surface area contributed by atoms with Crippen molar-refractivity contribution in [2.75, 3.05) is 14.1 Å². The number of nitrogens with zero attached hydrogens (tertiary/aromatic N) is 1. The summed E-state index contributed by atoms with van der Waals surface area (Å²) in [4.78, 5) is 0. The molecule has 0 heterocycles. The second-order valence-electron chi connectivity index (χ2n) is 2.16. The average Bonchev–Trinajstić information content (AvgIpc) is 1.66. The summed E-state index contributed by atoms with van der Waals surface area (Å²) in [5.41, 5.74) is 0. The topological polar surface area (TPSA) is 3.24 Å². The Bertz CT molecular complexity index is 45.8. The van der Waals surface area contributed by atoms with Crippen LogP contribution in [0, 0.1) is 0 Å². The predicted molar refractivity (Wildman–Crippen MR) is 39.2 cm³/mol. The van der Waals surface area contributed by atoms with E-state index < -0.39 is 0 Å². The first kappa shape index (κ1) is 8.50. The van der Waals surface area contributed by atoms with Gasteiger partial charge in [0, 0.05) is 0 Å². The molecule has 0 saturated heterocycles. The summed E-state index contributed by atoms with van der Waals surface area (Å²) < 4.78 is 2.36.